The Balaban J connectivity index is 2.21. The summed E-state index contributed by atoms with van der Waals surface area (Å²) in [6.45, 7) is 1.90. The minimum atomic E-state index is -0.980. The standard InChI is InChI=1S/C17H15FO3/c1-2-15(17(19)20)16-6-4-3-5-12(16)11-21-14-9-7-13(18)8-10-14/h2-10H,11H2,1H3,(H,19,20). The number of carboxylic acids is 1. The first-order valence-corrected chi connectivity index (χ1v) is 6.48. The molecule has 0 aromatic heterocycles. The van der Waals surface area contributed by atoms with Crippen molar-refractivity contribution in [3.63, 3.8) is 0 Å². The van der Waals surface area contributed by atoms with Crippen molar-refractivity contribution in [2.75, 3.05) is 0 Å². The summed E-state index contributed by atoms with van der Waals surface area (Å²) in [4.78, 5) is 11.2. The van der Waals surface area contributed by atoms with Crippen LogP contribution in [0, 0.1) is 5.82 Å². The number of ether oxygens (including phenoxy) is 1. The van der Waals surface area contributed by atoms with E-state index < -0.39 is 5.97 Å². The van der Waals surface area contributed by atoms with Gasteiger partial charge >= 0.3 is 5.97 Å². The van der Waals surface area contributed by atoms with Crippen LogP contribution in [-0.2, 0) is 11.4 Å². The molecule has 2 aromatic rings. The minimum absolute atomic E-state index is 0.215. The van der Waals surface area contributed by atoms with E-state index in [0.717, 1.165) is 5.56 Å². The second-order valence-corrected chi connectivity index (χ2v) is 4.41. The van der Waals surface area contributed by atoms with Crippen molar-refractivity contribution in [3.05, 3.63) is 71.6 Å². The van der Waals surface area contributed by atoms with Gasteiger partial charge in [-0.3, -0.25) is 0 Å². The highest BCUT2D eigenvalue weighted by Crippen LogP contribution is 2.21. The molecule has 0 amide bonds. The van der Waals surface area contributed by atoms with Gasteiger partial charge in [0.25, 0.3) is 0 Å². The summed E-state index contributed by atoms with van der Waals surface area (Å²) < 4.78 is 18.4. The number of carboxylic acid groups (broad SMARTS) is 1. The van der Waals surface area contributed by atoms with Crippen molar-refractivity contribution < 1.29 is 19.0 Å². The van der Waals surface area contributed by atoms with Crippen molar-refractivity contribution in [2.45, 2.75) is 13.5 Å². The Kier molecular flexibility index (Phi) is 4.72. The Morgan fingerprint density at radius 2 is 1.86 bits per heavy atom. The third kappa shape index (κ3) is 3.69. The molecular weight excluding hydrogens is 271 g/mol. The third-order valence-corrected chi connectivity index (χ3v) is 3.03. The lowest BCUT2D eigenvalue weighted by Crippen LogP contribution is -2.05. The molecule has 0 aliphatic heterocycles. The van der Waals surface area contributed by atoms with E-state index in [0.29, 0.717) is 11.3 Å². The van der Waals surface area contributed by atoms with E-state index in [4.69, 9.17) is 4.74 Å². The quantitative estimate of drug-likeness (QED) is 0.848. The number of carbonyl (C=O) groups is 1. The van der Waals surface area contributed by atoms with Gasteiger partial charge in [-0.2, -0.15) is 0 Å². The molecule has 0 saturated carbocycles. The zero-order valence-corrected chi connectivity index (χ0v) is 11.5. The second kappa shape index (κ2) is 6.70. The van der Waals surface area contributed by atoms with Crippen LogP contribution in [0.2, 0.25) is 0 Å². The highest BCUT2D eigenvalue weighted by atomic mass is 19.1. The summed E-state index contributed by atoms with van der Waals surface area (Å²) in [5.41, 5.74) is 1.61. The van der Waals surface area contributed by atoms with Crippen LogP contribution in [0.4, 0.5) is 4.39 Å². The van der Waals surface area contributed by atoms with Gasteiger partial charge < -0.3 is 9.84 Å². The van der Waals surface area contributed by atoms with E-state index in [2.05, 4.69) is 0 Å². The highest BCUT2D eigenvalue weighted by molar-refractivity contribution is 6.15. The molecule has 0 unspecified atom stereocenters. The van der Waals surface area contributed by atoms with Gasteiger partial charge in [-0.05, 0) is 42.3 Å². The molecule has 0 aliphatic carbocycles. The summed E-state index contributed by atoms with van der Waals surface area (Å²) in [7, 11) is 0. The average Bonchev–Trinajstić information content (AvgIpc) is 2.48. The van der Waals surface area contributed by atoms with Crippen LogP contribution >= 0.6 is 0 Å². The van der Waals surface area contributed by atoms with Crippen LogP contribution in [0.25, 0.3) is 5.57 Å². The predicted octanol–water partition coefficient (Wildman–Crippen LogP) is 3.89. The molecule has 2 rings (SSSR count). The molecule has 108 valence electrons. The predicted molar refractivity (Wildman–Crippen MR) is 78.5 cm³/mol. The monoisotopic (exact) mass is 286 g/mol. The maximum absolute atomic E-state index is 12.8. The average molecular weight is 286 g/mol. The third-order valence-electron chi connectivity index (χ3n) is 3.03. The lowest BCUT2D eigenvalue weighted by atomic mass is 10.00. The number of benzene rings is 2. The zero-order chi connectivity index (χ0) is 15.2. The fourth-order valence-electron chi connectivity index (χ4n) is 2.00. The number of halogens is 1. The molecule has 0 atom stereocenters. The molecule has 4 heteroatoms. The van der Waals surface area contributed by atoms with Crippen LogP contribution < -0.4 is 4.74 Å². The molecule has 21 heavy (non-hydrogen) atoms. The molecule has 0 heterocycles. The molecule has 0 radical (unpaired) electrons. The lowest BCUT2D eigenvalue weighted by Gasteiger charge is -2.11. The van der Waals surface area contributed by atoms with Crippen LogP contribution in [0.3, 0.4) is 0 Å². The summed E-state index contributed by atoms with van der Waals surface area (Å²) in [5.74, 6) is -0.778. The van der Waals surface area contributed by atoms with Gasteiger partial charge in [-0.1, -0.05) is 30.3 Å². The minimum Gasteiger partial charge on any atom is -0.489 e. The molecule has 0 aliphatic rings. The molecule has 0 spiro atoms. The molecule has 0 fully saturated rings. The number of hydrogen-bond donors (Lipinski definition) is 1. The summed E-state index contributed by atoms with van der Waals surface area (Å²) >= 11 is 0. The van der Waals surface area contributed by atoms with Crippen molar-refractivity contribution in [1.29, 1.82) is 0 Å². The molecule has 0 saturated heterocycles. The summed E-state index contributed by atoms with van der Waals surface area (Å²) in [6, 6.07) is 12.9. The smallest absolute Gasteiger partial charge is 0.335 e. The van der Waals surface area contributed by atoms with Gasteiger partial charge in [0.1, 0.15) is 18.2 Å². The largest absolute Gasteiger partial charge is 0.489 e. The Labute approximate surface area is 122 Å². The van der Waals surface area contributed by atoms with E-state index in [9.17, 15) is 14.3 Å². The normalized spacial score (nSPS) is 11.2. The molecule has 0 bridgehead atoms. The highest BCUT2D eigenvalue weighted by Gasteiger charge is 2.13. The number of hydrogen-bond acceptors (Lipinski definition) is 2. The molecule has 3 nitrogen and oxygen atoms in total. The summed E-state index contributed by atoms with van der Waals surface area (Å²) in [5, 5.41) is 9.22. The van der Waals surface area contributed by atoms with Crippen molar-refractivity contribution in [1.82, 2.24) is 0 Å². The van der Waals surface area contributed by atoms with Crippen LogP contribution in [0.1, 0.15) is 18.1 Å². The van der Waals surface area contributed by atoms with E-state index in [-0.39, 0.29) is 18.0 Å². The first-order chi connectivity index (χ1) is 10.1. The first kappa shape index (κ1) is 14.8. The van der Waals surface area contributed by atoms with E-state index in [1.54, 1.807) is 25.1 Å². The zero-order valence-electron chi connectivity index (χ0n) is 11.5. The van der Waals surface area contributed by atoms with Gasteiger partial charge in [0.05, 0.1) is 5.57 Å². The number of allylic oxidation sites excluding steroid dienone is 1. The van der Waals surface area contributed by atoms with Crippen molar-refractivity contribution in [3.8, 4) is 5.75 Å². The van der Waals surface area contributed by atoms with Crippen LogP contribution in [0.15, 0.2) is 54.6 Å². The maximum atomic E-state index is 12.8. The molecular formula is C17H15FO3. The van der Waals surface area contributed by atoms with Gasteiger partial charge in [-0.15, -0.1) is 0 Å². The SMILES string of the molecule is CC=C(C(=O)O)c1ccccc1COc1ccc(F)cc1. The Hall–Kier alpha value is -2.62. The number of aliphatic carboxylic acids is 1. The lowest BCUT2D eigenvalue weighted by molar-refractivity contribution is -0.130. The van der Waals surface area contributed by atoms with Crippen molar-refractivity contribution in [2.24, 2.45) is 0 Å². The topological polar surface area (TPSA) is 46.5 Å². The second-order valence-electron chi connectivity index (χ2n) is 4.41. The summed E-state index contributed by atoms with van der Waals surface area (Å²) in [6.07, 6.45) is 1.55. The van der Waals surface area contributed by atoms with E-state index in [1.165, 1.54) is 24.3 Å². The Morgan fingerprint density at radius 3 is 2.48 bits per heavy atom. The Bertz CT molecular complexity index is 660. The van der Waals surface area contributed by atoms with Gasteiger partial charge in [-0.25, -0.2) is 9.18 Å². The first-order valence-electron chi connectivity index (χ1n) is 6.48. The van der Waals surface area contributed by atoms with Crippen LogP contribution in [0.5, 0.6) is 5.75 Å². The molecule has 2 aromatic carbocycles. The van der Waals surface area contributed by atoms with Crippen LogP contribution in [-0.4, -0.2) is 11.1 Å². The maximum Gasteiger partial charge on any atom is 0.335 e. The fourth-order valence-corrected chi connectivity index (χ4v) is 2.00. The van der Waals surface area contributed by atoms with E-state index >= 15 is 0 Å². The van der Waals surface area contributed by atoms with Gasteiger partial charge in [0, 0.05) is 0 Å². The fraction of sp³-hybridized carbons (Fsp3) is 0.118. The molecule has 1 N–H and O–H groups in total. The van der Waals surface area contributed by atoms with Gasteiger partial charge in [0.15, 0.2) is 0 Å². The van der Waals surface area contributed by atoms with E-state index in [1.807, 2.05) is 12.1 Å². The van der Waals surface area contributed by atoms with Gasteiger partial charge in [0.2, 0.25) is 0 Å². The van der Waals surface area contributed by atoms with Crippen molar-refractivity contribution >= 4 is 11.5 Å². The Morgan fingerprint density at radius 1 is 1.19 bits per heavy atom. The number of rotatable bonds is 5.